The topological polar surface area (TPSA) is 36.7 Å². The van der Waals surface area contributed by atoms with Gasteiger partial charge in [0.25, 0.3) is 0 Å². The highest BCUT2D eigenvalue weighted by atomic mass is 35.5. The van der Waals surface area contributed by atoms with Crippen LogP contribution >= 0.6 is 46.4 Å². The van der Waals surface area contributed by atoms with Gasteiger partial charge in [-0.3, -0.25) is 0 Å². The molecule has 0 aliphatic carbocycles. The van der Waals surface area contributed by atoms with E-state index in [9.17, 15) is 0 Å². The second-order valence-corrected chi connectivity index (χ2v) is 4.96. The molecule has 2 aromatic rings. The second-order valence-electron chi connectivity index (χ2n) is 3.39. The summed E-state index contributed by atoms with van der Waals surface area (Å²) in [7, 11) is 0. The Bertz CT molecular complexity index is 662. The molecule has 6 heteroatoms. The standard InChI is InChI=1S/C12H4Cl4N2/c13-8-2-1-7(11(15)12(8)16)6-3-9(14)10(4-17)18-5-6/h1-3,5H. The van der Waals surface area contributed by atoms with Crippen LogP contribution in [0.3, 0.4) is 0 Å². The van der Waals surface area contributed by atoms with Gasteiger partial charge in [-0.15, -0.1) is 0 Å². The highest BCUT2D eigenvalue weighted by Gasteiger charge is 2.12. The van der Waals surface area contributed by atoms with Crippen LogP contribution in [0.4, 0.5) is 0 Å². The summed E-state index contributed by atoms with van der Waals surface area (Å²) in [6.07, 6.45) is 1.51. The Morgan fingerprint density at radius 2 is 1.72 bits per heavy atom. The number of halogens is 4. The van der Waals surface area contributed by atoms with Gasteiger partial charge in [0.1, 0.15) is 6.07 Å². The van der Waals surface area contributed by atoms with Gasteiger partial charge in [-0.05, 0) is 12.1 Å². The van der Waals surface area contributed by atoms with Crippen molar-refractivity contribution in [1.82, 2.24) is 4.98 Å². The number of pyridine rings is 1. The lowest BCUT2D eigenvalue weighted by Gasteiger charge is -2.07. The number of hydrogen-bond donors (Lipinski definition) is 0. The Balaban J connectivity index is 2.60. The van der Waals surface area contributed by atoms with Crippen molar-refractivity contribution in [3.63, 3.8) is 0 Å². The van der Waals surface area contributed by atoms with E-state index in [-0.39, 0.29) is 15.7 Å². The molecule has 2 nitrogen and oxygen atoms in total. The first-order valence-electron chi connectivity index (χ1n) is 4.74. The van der Waals surface area contributed by atoms with Crippen molar-refractivity contribution in [2.24, 2.45) is 0 Å². The van der Waals surface area contributed by atoms with Gasteiger partial charge in [-0.2, -0.15) is 5.26 Å². The summed E-state index contributed by atoms with van der Waals surface area (Å²) in [4.78, 5) is 3.94. The zero-order valence-electron chi connectivity index (χ0n) is 8.72. The fourth-order valence-electron chi connectivity index (χ4n) is 1.42. The van der Waals surface area contributed by atoms with Crippen LogP contribution in [0.25, 0.3) is 11.1 Å². The molecule has 0 saturated heterocycles. The molecular formula is C12H4Cl4N2. The highest BCUT2D eigenvalue weighted by molar-refractivity contribution is 6.49. The fourth-order valence-corrected chi connectivity index (χ4v) is 2.27. The molecule has 0 unspecified atom stereocenters. The molecule has 0 radical (unpaired) electrons. The van der Waals surface area contributed by atoms with Crippen LogP contribution in [0.1, 0.15) is 5.69 Å². The molecular weight excluding hydrogens is 314 g/mol. The third kappa shape index (κ3) is 2.41. The minimum atomic E-state index is 0.164. The average Bonchev–Trinajstić information content (AvgIpc) is 2.36. The molecule has 2 rings (SSSR count). The lowest BCUT2D eigenvalue weighted by atomic mass is 10.1. The summed E-state index contributed by atoms with van der Waals surface area (Å²) in [6, 6.07) is 6.85. The van der Waals surface area contributed by atoms with Crippen LogP contribution in [-0.4, -0.2) is 4.98 Å². The lowest BCUT2D eigenvalue weighted by Crippen LogP contribution is -1.88. The van der Waals surface area contributed by atoms with Crippen LogP contribution in [-0.2, 0) is 0 Å². The molecule has 1 aromatic carbocycles. The van der Waals surface area contributed by atoms with E-state index in [1.54, 1.807) is 18.2 Å². The minimum absolute atomic E-state index is 0.164. The van der Waals surface area contributed by atoms with Crippen LogP contribution in [0.15, 0.2) is 24.4 Å². The van der Waals surface area contributed by atoms with Gasteiger partial charge in [0.15, 0.2) is 5.69 Å². The second kappa shape index (κ2) is 5.34. The first-order valence-corrected chi connectivity index (χ1v) is 6.25. The van der Waals surface area contributed by atoms with Gasteiger partial charge in [-0.25, -0.2) is 4.98 Å². The van der Waals surface area contributed by atoms with Crippen LogP contribution < -0.4 is 0 Å². The maximum atomic E-state index is 8.75. The number of nitrogens with zero attached hydrogens (tertiary/aromatic N) is 2. The van der Waals surface area contributed by atoms with Gasteiger partial charge < -0.3 is 0 Å². The molecule has 0 bridgehead atoms. The number of rotatable bonds is 1. The van der Waals surface area contributed by atoms with E-state index in [0.717, 1.165) is 0 Å². The van der Waals surface area contributed by atoms with Gasteiger partial charge in [0.2, 0.25) is 0 Å². The zero-order valence-corrected chi connectivity index (χ0v) is 11.7. The fraction of sp³-hybridized carbons (Fsp3) is 0. The summed E-state index contributed by atoms with van der Waals surface area (Å²) < 4.78 is 0. The summed E-state index contributed by atoms with van der Waals surface area (Å²) >= 11 is 23.8. The molecule has 1 heterocycles. The zero-order chi connectivity index (χ0) is 13.3. The molecule has 18 heavy (non-hydrogen) atoms. The Labute approximate surface area is 124 Å². The Hall–Kier alpha value is -0.980. The lowest BCUT2D eigenvalue weighted by molar-refractivity contribution is 1.26. The smallest absolute Gasteiger partial charge is 0.159 e. The van der Waals surface area contributed by atoms with Crippen molar-refractivity contribution in [3.05, 3.63) is 50.2 Å². The Kier molecular flexibility index (Phi) is 3.99. The van der Waals surface area contributed by atoms with E-state index in [0.29, 0.717) is 21.2 Å². The molecule has 0 atom stereocenters. The molecule has 0 spiro atoms. The maximum absolute atomic E-state index is 8.75. The van der Waals surface area contributed by atoms with E-state index in [1.807, 2.05) is 6.07 Å². The first kappa shape index (κ1) is 13.5. The molecule has 0 saturated carbocycles. The van der Waals surface area contributed by atoms with Crippen LogP contribution in [0.5, 0.6) is 0 Å². The largest absolute Gasteiger partial charge is 0.243 e. The summed E-state index contributed by atoms with van der Waals surface area (Å²) in [5, 5.41) is 9.99. The quantitative estimate of drug-likeness (QED) is 0.675. The van der Waals surface area contributed by atoms with Crippen molar-refractivity contribution < 1.29 is 0 Å². The minimum Gasteiger partial charge on any atom is -0.243 e. The first-order chi connectivity index (χ1) is 8.54. The molecule has 90 valence electrons. The number of aromatic nitrogens is 1. The van der Waals surface area contributed by atoms with Crippen molar-refractivity contribution in [2.45, 2.75) is 0 Å². The summed E-state index contributed by atoms with van der Waals surface area (Å²) in [5.74, 6) is 0. The molecule has 0 aliphatic heterocycles. The van der Waals surface area contributed by atoms with E-state index < -0.39 is 0 Å². The van der Waals surface area contributed by atoms with E-state index >= 15 is 0 Å². The number of benzene rings is 1. The van der Waals surface area contributed by atoms with E-state index in [2.05, 4.69) is 4.98 Å². The number of nitriles is 1. The average molecular weight is 318 g/mol. The maximum Gasteiger partial charge on any atom is 0.159 e. The van der Waals surface area contributed by atoms with E-state index in [1.165, 1.54) is 6.20 Å². The van der Waals surface area contributed by atoms with Crippen LogP contribution in [0, 0.1) is 11.3 Å². The predicted molar refractivity (Wildman–Crippen MR) is 74.4 cm³/mol. The molecule has 0 aliphatic rings. The third-order valence-electron chi connectivity index (χ3n) is 2.29. The molecule has 0 amide bonds. The number of hydrogen-bond acceptors (Lipinski definition) is 2. The van der Waals surface area contributed by atoms with Crippen molar-refractivity contribution in [1.29, 1.82) is 5.26 Å². The van der Waals surface area contributed by atoms with E-state index in [4.69, 9.17) is 51.7 Å². The molecule has 0 N–H and O–H groups in total. The van der Waals surface area contributed by atoms with Gasteiger partial charge >= 0.3 is 0 Å². The SMILES string of the molecule is N#Cc1ncc(-c2ccc(Cl)c(Cl)c2Cl)cc1Cl. The summed E-state index contributed by atoms with van der Waals surface area (Å²) in [6.45, 7) is 0. The third-order valence-corrected chi connectivity index (χ3v) is 3.87. The Morgan fingerprint density at radius 3 is 2.33 bits per heavy atom. The monoisotopic (exact) mass is 316 g/mol. The molecule has 1 aromatic heterocycles. The predicted octanol–water partition coefficient (Wildman–Crippen LogP) is 5.23. The Morgan fingerprint density at radius 1 is 1.00 bits per heavy atom. The highest BCUT2D eigenvalue weighted by Crippen LogP contribution is 2.38. The van der Waals surface area contributed by atoms with Crippen molar-refractivity contribution in [2.75, 3.05) is 0 Å². The van der Waals surface area contributed by atoms with Crippen molar-refractivity contribution >= 4 is 46.4 Å². The normalized spacial score (nSPS) is 10.2. The van der Waals surface area contributed by atoms with Crippen molar-refractivity contribution in [3.8, 4) is 17.2 Å². The summed E-state index contributed by atoms with van der Waals surface area (Å²) in [5.41, 5.74) is 1.49. The van der Waals surface area contributed by atoms with Crippen LogP contribution in [0.2, 0.25) is 20.1 Å². The van der Waals surface area contributed by atoms with Gasteiger partial charge in [0, 0.05) is 17.3 Å². The molecule has 0 fully saturated rings. The van der Waals surface area contributed by atoms with Gasteiger partial charge in [0.05, 0.1) is 20.1 Å². The van der Waals surface area contributed by atoms with Gasteiger partial charge in [-0.1, -0.05) is 52.5 Å².